The third-order valence-corrected chi connectivity index (χ3v) is 5.63. The molecule has 1 amide bonds. The highest BCUT2D eigenvalue weighted by molar-refractivity contribution is 5.98. The molecule has 0 radical (unpaired) electrons. The minimum Gasteiger partial charge on any atom is -0.480 e. The van der Waals surface area contributed by atoms with Crippen LogP contribution in [0.25, 0.3) is 0 Å². The van der Waals surface area contributed by atoms with Crippen molar-refractivity contribution in [3.63, 3.8) is 0 Å². The molecule has 32 heavy (non-hydrogen) atoms. The number of nitrogens with zero attached hydrogens (tertiary/aromatic N) is 2. The van der Waals surface area contributed by atoms with E-state index in [1.165, 1.54) is 5.56 Å². The molecule has 1 aliphatic heterocycles. The molecule has 0 saturated carbocycles. The van der Waals surface area contributed by atoms with Gasteiger partial charge in [-0.1, -0.05) is 6.07 Å². The molecule has 0 bridgehead atoms. The predicted octanol–water partition coefficient (Wildman–Crippen LogP) is 3.06. The van der Waals surface area contributed by atoms with Gasteiger partial charge in [0.25, 0.3) is 5.91 Å². The molecule has 2 aromatic heterocycles. The number of aliphatic carboxylic acids is 1. The first-order valence-corrected chi connectivity index (χ1v) is 11.2. The van der Waals surface area contributed by atoms with Crippen molar-refractivity contribution in [2.45, 2.75) is 58.4 Å². The lowest BCUT2D eigenvalue weighted by atomic mass is 10.1. The Kier molecular flexibility index (Phi) is 8.56. The van der Waals surface area contributed by atoms with E-state index < -0.39 is 17.9 Å². The zero-order valence-electron chi connectivity index (χ0n) is 18.8. The fraction of sp³-hybridized carbons (Fsp3) is 0.500. The van der Waals surface area contributed by atoms with E-state index in [1.807, 2.05) is 0 Å². The fourth-order valence-electron chi connectivity index (χ4n) is 3.87. The third-order valence-electron chi connectivity index (χ3n) is 5.63. The number of unbranched alkanes of at least 4 members (excludes halogenated alkanes) is 1. The second kappa shape index (κ2) is 11.6. The fourth-order valence-corrected chi connectivity index (χ4v) is 3.87. The summed E-state index contributed by atoms with van der Waals surface area (Å²) in [4.78, 5) is 32.8. The van der Waals surface area contributed by atoms with Crippen molar-refractivity contribution in [3.8, 4) is 0 Å². The van der Waals surface area contributed by atoms with Gasteiger partial charge in [-0.25, -0.2) is 9.78 Å². The van der Waals surface area contributed by atoms with Crippen LogP contribution in [0.3, 0.4) is 0 Å². The summed E-state index contributed by atoms with van der Waals surface area (Å²) in [5.41, 5.74) is 4.27. The largest absolute Gasteiger partial charge is 0.480 e. The molecule has 8 nitrogen and oxygen atoms in total. The summed E-state index contributed by atoms with van der Waals surface area (Å²) >= 11 is 0. The van der Waals surface area contributed by atoms with Crippen LogP contribution in [0, 0.1) is 13.8 Å². The number of carboxylic acid groups (broad SMARTS) is 1. The molecule has 2 aromatic rings. The number of nitrogens with one attached hydrogen (secondary N) is 2. The lowest BCUT2D eigenvalue weighted by molar-refractivity contribution is -0.139. The second-order valence-electron chi connectivity index (χ2n) is 8.21. The highest BCUT2D eigenvalue weighted by atomic mass is 16.5. The summed E-state index contributed by atoms with van der Waals surface area (Å²) in [5.74, 6) is -0.454. The molecular formula is C24H32N4O4. The van der Waals surface area contributed by atoms with Crippen molar-refractivity contribution in [1.82, 2.24) is 15.3 Å². The van der Waals surface area contributed by atoms with Crippen LogP contribution in [0.2, 0.25) is 0 Å². The summed E-state index contributed by atoms with van der Waals surface area (Å²) in [6.07, 6.45) is 8.34. The van der Waals surface area contributed by atoms with E-state index >= 15 is 0 Å². The van der Waals surface area contributed by atoms with Gasteiger partial charge in [-0.2, -0.15) is 0 Å². The van der Waals surface area contributed by atoms with Gasteiger partial charge in [0.05, 0.1) is 0 Å². The molecule has 8 heteroatoms. The van der Waals surface area contributed by atoms with E-state index in [4.69, 9.17) is 9.72 Å². The van der Waals surface area contributed by atoms with Gasteiger partial charge >= 0.3 is 5.97 Å². The smallest absolute Gasteiger partial charge is 0.326 e. The Labute approximate surface area is 188 Å². The van der Waals surface area contributed by atoms with Gasteiger partial charge < -0.3 is 20.5 Å². The van der Waals surface area contributed by atoms with Crippen molar-refractivity contribution in [1.29, 1.82) is 0 Å². The minimum atomic E-state index is -1.07. The van der Waals surface area contributed by atoms with Gasteiger partial charge in [-0.15, -0.1) is 0 Å². The predicted molar refractivity (Wildman–Crippen MR) is 122 cm³/mol. The van der Waals surface area contributed by atoms with Crippen LogP contribution < -0.4 is 10.6 Å². The van der Waals surface area contributed by atoms with Crippen LogP contribution >= 0.6 is 0 Å². The summed E-state index contributed by atoms with van der Waals surface area (Å²) in [7, 11) is 0. The number of ether oxygens (including phenoxy) is 1. The van der Waals surface area contributed by atoms with Gasteiger partial charge in [0.15, 0.2) is 0 Å². The first kappa shape index (κ1) is 23.7. The molecule has 3 N–H and O–H groups in total. The average molecular weight is 441 g/mol. The Bertz CT molecular complexity index is 927. The van der Waals surface area contributed by atoms with Crippen molar-refractivity contribution in [2.75, 3.05) is 25.1 Å². The first-order chi connectivity index (χ1) is 15.5. The highest BCUT2D eigenvalue weighted by Crippen LogP contribution is 2.20. The van der Waals surface area contributed by atoms with Gasteiger partial charge in [0, 0.05) is 49.8 Å². The van der Waals surface area contributed by atoms with Gasteiger partial charge in [0.2, 0.25) is 0 Å². The van der Waals surface area contributed by atoms with E-state index in [2.05, 4.69) is 27.8 Å². The molecule has 0 spiro atoms. The summed E-state index contributed by atoms with van der Waals surface area (Å²) in [6.45, 7) is 5.36. The Balaban J connectivity index is 1.36. The number of carbonyl (C=O) groups is 2. The maximum atomic E-state index is 12.5. The van der Waals surface area contributed by atoms with E-state index in [1.54, 1.807) is 26.2 Å². The molecule has 3 rings (SSSR count). The minimum absolute atomic E-state index is 0.211. The number of carboxylic acids is 1. The summed E-state index contributed by atoms with van der Waals surface area (Å²) in [6, 6.07) is 3.26. The van der Waals surface area contributed by atoms with Crippen LogP contribution in [-0.4, -0.2) is 52.8 Å². The molecule has 1 unspecified atom stereocenters. The normalized spacial score (nSPS) is 13.7. The Morgan fingerprint density at radius 3 is 2.72 bits per heavy atom. The van der Waals surface area contributed by atoms with Crippen LogP contribution in [0.1, 0.15) is 58.4 Å². The molecule has 3 heterocycles. The van der Waals surface area contributed by atoms with Crippen LogP contribution in [0.5, 0.6) is 0 Å². The number of aromatic nitrogens is 2. The number of carbonyl (C=O) groups excluding carboxylic acids is 1. The van der Waals surface area contributed by atoms with Crippen molar-refractivity contribution >= 4 is 17.7 Å². The first-order valence-electron chi connectivity index (χ1n) is 11.2. The second-order valence-corrected chi connectivity index (χ2v) is 8.21. The summed E-state index contributed by atoms with van der Waals surface area (Å²) in [5, 5.41) is 15.4. The van der Waals surface area contributed by atoms with Crippen LogP contribution in [0.4, 0.5) is 5.82 Å². The highest BCUT2D eigenvalue weighted by Gasteiger charge is 2.22. The molecule has 0 saturated heterocycles. The van der Waals surface area contributed by atoms with E-state index in [0.717, 1.165) is 50.2 Å². The molecular weight excluding hydrogens is 408 g/mol. The standard InChI is InChI=1S/C24H32N4O4/c1-16-14-25-15-17(2)21(16)23(29)28-20(24(30)31)10-13-32-12-4-3-7-19-9-8-18-6-5-11-26-22(18)27-19/h8-9,14-15,20H,3-7,10-13H2,1-2H3,(H,26,27)(H,28,29)(H,30,31). The zero-order chi connectivity index (χ0) is 22.9. The van der Waals surface area contributed by atoms with Crippen molar-refractivity contribution < 1.29 is 19.4 Å². The van der Waals surface area contributed by atoms with E-state index in [0.29, 0.717) is 23.3 Å². The van der Waals surface area contributed by atoms with Crippen molar-refractivity contribution in [3.05, 3.63) is 52.5 Å². The number of amides is 1. The molecule has 0 aliphatic carbocycles. The molecule has 0 aromatic carbocycles. The molecule has 172 valence electrons. The Morgan fingerprint density at radius 1 is 1.19 bits per heavy atom. The number of hydrogen-bond donors (Lipinski definition) is 3. The van der Waals surface area contributed by atoms with Gasteiger partial charge in [-0.3, -0.25) is 9.78 Å². The number of aryl methyl sites for hydroxylation is 4. The van der Waals surface area contributed by atoms with Crippen LogP contribution in [0.15, 0.2) is 24.5 Å². The Hall–Kier alpha value is -3.00. The maximum Gasteiger partial charge on any atom is 0.326 e. The van der Waals surface area contributed by atoms with E-state index in [-0.39, 0.29) is 13.0 Å². The number of hydrogen-bond acceptors (Lipinski definition) is 6. The molecule has 1 aliphatic rings. The monoisotopic (exact) mass is 440 g/mol. The SMILES string of the molecule is Cc1cncc(C)c1C(=O)NC(CCOCCCCc1ccc2c(n1)NCCC2)C(=O)O. The quantitative estimate of drug-likeness (QED) is 0.460. The maximum absolute atomic E-state index is 12.5. The molecule has 0 fully saturated rings. The Morgan fingerprint density at radius 2 is 1.97 bits per heavy atom. The lowest BCUT2D eigenvalue weighted by Crippen LogP contribution is -2.42. The van der Waals surface area contributed by atoms with Gasteiger partial charge in [0.1, 0.15) is 11.9 Å². The number of pyridine rings is 2. The van der Waals surface area contributed by atoms with Gasteiger partial charge in [-0.05, 0) is 68.7 Å². The third kappa shape index (κ3) is 6.50. The average Bonchev–Trinajstić information content (AvgIpc) is 2.77. The topological polar surface area (TPSA) is 113 Å². The number of rotatable bonds is 11. The number of anilines is 1. The zero-order valence-corrected chi connectivity index (χ0v) is 18.8. The lowest BCUT2D eigenvalue weighted by Gasteiger charge is -2.17. The van der Waals surface area contributed by atoms with Crippen LogP contribution in [-0.2, 0) is 22.4 Å². The number of fused-ring (bicyclic) bond motifs is 1. The van der Waals surface area contributed by atoms with Crippen molar-refractivity contribution in [2.24, 2.45) is 0 Å². The van der Waals surface area contributed by atoms with E-state index in [9.17, 15) is 14.7 Å². The molecule has 1 atom stereocenters. The summed E-state index contributed by atoms with van der Waals surface area (Å²) < 4.78 is 5.62.